The monoisotopic (exact) mass is 310 g/mol. The third-order valence-electron chi connectivity index (χ3n) is 3.41. The topological polar surface area (TPSA) is 92.3 Å². The van der Waals surface area contributed by atoms with E-state index in [2.05, 4.69) is 10.9 Å². The highest BCUT2D eigenvalue weighted by atomic mass is 32.2. The second-order valence-electron chi connectivity index (χ2n) is 5.12. The first-order valence-corrected chi connectivity index (χ1v) is 8.61. The third-order valence-corrected chi connectivity index (χ3v) is 5.18. The Kier molecular flexibility index (Phi) is 4.95. The highest BCUT2D eigenvalue weighted by Crippen LogP contribution is 2.17. The van der Waals surface area contributed by atoms with Crippen LogP contribution in [-0.2, 0) is 25.8 Å². The molecule has 2 rings (SSSR count). The molecule has 0 unspecified atom stereocenters. The van der Waals surface area contributed by atoms with Crippen LogP contribution in [0.15, 0.2) is 30.3 Å². The maximum atomic E-state index is 11.7. The molecular formula is C14H18N2O4S. The van der Waals surface area contributed by atoms with Gasteiger partial charge in [-0.15, -0.1) is 0 Å². The lowest BCUT2D eigenvalue weighted by molar-refractivity contribution is -0.130. The van der Waals surface area contributed by atoms with Crippen LogP contribution in [0.2, 0.25) is 0 Å². The van der Waals surface area contributed by atoms with Gasteiger partial charge in [0, 0.05) is 6.42 Å². The van der Waals surface area contributed by atoms with E-state index in [1.54, 1.807) is 0 Å². The Morgan fingerprint density at radius 3 is 2.48 bits per heavy atom. The molecule has 0 radical (unpaired) electrons. The lowest BCUT2D eigenvalue weighted by Gasteiger charge is -2.10. The first-order chi connectivity index (χ1) is 9.96. The normalized spacial score (nSPS) is 19.9. The van der Waals surface area contributed by atoms with Gasteiger partial charge in [0.25, 0.3) is 0 Å². The Labute approximate surface area is 123 Å². The molecule has 114 valence electrons. The second kappa shape index (κ2) is 6.71. The van der Waals surface area contributed by atoms with Gasteiger partial charge < -0.3 is 0 Å². The first-order valence-electron chi connectivity index (χ1n) is 6.79. The van der Waals surface area contributed by atoms with Crippen LogP contribution in [0.1, 0.15) is 18.4 Å². The van der Waals surface area contributed by atoms with Crippen molar-refractivity contribution in [1.82, 2.24) is 10.9 Å². The molecule has 7 heteroatoms. The van der Waals surface area contributed by atoms with E-state index < -0.39 is 21.7 Å². The average Bonchev–Trinajstić information content (AvgIpc) is 2.84. The Balaban J connectivity index is 1.70. The van der Waals surface area contributed by atoms with Gasteiger partial charge in [-0.1, -0.05) is 30.3 Å². The molecule has 2 amide bonds. The summed E-state index contributed by atoms with van der Waals surface area (Å²) in [5, 5.41) is 0. The summed E-state index contributed by atoms with van der Waals surface area (Å²) in [4.78, 5) is 23.3. The quantitative estimate of drug-likeness (QED) is 0.777. The average molecular weight is 310 g/mol. The summed E-state index contributed by atoms with van der Waals surface area (Å²) in [6.07, 6.45) is 1.15. The van der Waals surface area contributed by atoms with Gasteiger partial charge in [-0.25, -0.2) is 8.42 Å². The molecule has 2 N–H and O–H groups in total. The summed E-state index contributed by atoms with van der Waals surface area (Å²) >= 11 is 0. The number of carbonyl (C=O) groups excluding carboxylic acids is 2. The Morgan fingerprint density at radius 2 is 1.86 bits per heavy atom. The van der Waals surface area contributed by atoms with Crippen molar-refractivity contribution in [2.24, 2.45) is 5.92 Å². The lowest BCUT2D eigenvalue weighted by atomic mass is 10.1. The van der Waals surface area contributed by atoms with Gasteiger partial charge in [-0.2, -0.15) is 0 Å². The van der Waals surface area contributed by atoms with Crippen LogP contribution in [-0.4, -0.2) is 31.7 Å². The van der Waals surface area contributed by atoms with Crippen LogP contribution in [0.5, 0.6) is 0 Å². The van der Waals surface area contributed by atoms with Crippen LogP contribution in [0, 0.1) is 5.92 Å². The van der Waals surface area contributed by atoms with Gasteiger partial charge in [-0.05, 0) is 18.4 Å². The molecule has 1 aromatic carbocycles. The number of benzene rings is 1. The molecule has 1 aromatic rings. The van der Waals surface area contributed by atoms with E-state index in [4.69, 9.17) is 0 Å². The Morgan fingerprint density at radius 1 is 1.14 bits per heavy atom. The van der Waals surface area contributed by atoms with E-state index in [0.29, 0.717) is 12.8 Å². The number of hydrogen-bond donors (Lipinski definition) is 2. The fraction of sp³-hybridized carbons (Fsp3) is 0.429. The highest BCUT2D eigenvalue weighted by molar-refractivity contribution is 7.91. The summed E-state index contributed by atoms with van der Waals surface area (Å²) < 4.78 is 22.6. The predicted octanol–water partition coefficient (Wildman–Crippen LogP) is 0.201. The zero-order chi connectivity index (χ0) is 15.3. The predicted molar refractivity (Wildman–Crippen MR) is 77.8 cm³/mol. The van der Waals surface area contributed by atoms with Crippen molar-refractivity contribution in [3.05, 3.63) is 35.9 Å². The van der Waals surface area contributed by atoms with Gasteiger partial charge in [0.15, 0.2) is 9.84 Å². The molecule has 0 saturated carbocycles. The first kappa shape index (κ1) is 15.5. The van der Waals surface area contributed by atoms with Crippen molar-refractivity contribution in [1.29, 1.82) is 0 Å². The molecular weight excluding hydrogens is 292 g/mol. The fourth-order valence-corrected chi connectivity index (χ4v) is 3.94. The zero-order valence-corrected chi connectivity index (χ0v) is 12.4. The van der Waals surface area contributed by atoms with Crippen molar-refractivity contribution < 1.29 is 18.0 Å². The van der Waals surface area contributed by atoms with Crippen molar-refractivity contribution in [2.45, 2.75) is 19.3 Å². The molecule has 1 aliphatic heterocycles. The second-order valence-corrected chi connectivity index (χ2v) is 7.35. The van der Waals surface area contributed by atoms with Crippen molar-refractivity contribution in [3.63, 3.8) is 0 Å². The van der Waals surface area contributed by atoms with Crippen LogP contribution in [0.4, 0.5) is 0 Å². The molecule has 0 spiro atoms. The number of sulfone groups is 1. The molecule has 0 aromatic heterocycles. The number of hydrogen-bond acceptors (Lipinski definition) is 4. The van der Waals surface area contributed by atoms with E-state index >= 15 is 0 Å². The lowest BCUT2D eigenvalue weighted by Crippen LogP contribution is -2.44. The van der Waals surface area contributed by atoms with E-state index in [1.807, 2.05) is 30.3 Å². The largest absolute Gasteiger partial charge is 0.273 e. The number of carbonyl (C=O) groups is 2. The summed E-state index contributed by atoms with van der Waals surface area (Å²) in [6, 6.07) is 9.55. The number of rotatable bonds is 4. The van der Waals surface area contributed by atoms with Crippen LogP contribution in [0.25, 0.3) is 0 Å². The molecule has 1 heterocycles. The molecule has 6 nitrogen and oxygen atoms in total. The Hall–Kier alpha value is -1.89. The smallest absolute Gasteiger partial charge is 0.242 e. The minimum absolute atomic E-state index is 0.0348. The number of nitrogens with one attached hydrogen (secondary N) is 2. The molecule has 1 saturated heterocycles. The van der Waals surface area contributed by atoms with Crippen molar-refractivity contribution in [2.75, 3.05) is 11.5 Å². The maximum absolute atomic E-state index is 11.7. The van der Waals surface area contributed by atoms with E-state index in [9.17, 15) is 18.0 Å². The standard InChI is InChI=1S/C14H18N2O4S/c17-13(7-6-11-4-2-1-3-5-11)15-16-14(18)12-8-9-21(19,20)10-12/h1-5,12H,6-10H2,(H,15,17)(H,16,18)/t12-/m1/s1. The highest BCUT2D eigenvalue weighted by Gasteiger charge is 2.32. The fourth-order valence-electron chi connectivity index (χ4n) is 2.20. The van der Waals surface area contributed by atoms with Gasteiger partial charge in [0.1, 0.15) is 0 Å². The third kappa shape index (κ3) is 4.86. The van der Waals surface area contributed by atoms with E-state index in [-0.39, 0.29) is 23.8 Å². The number of amides is 2. The summed E-state index contributed by atoms with van der Waals surface area (Å²) in [5.74, 6) is -1.41. The number of aryl methyl sites for hydroxylation is 1. The number of hydrazine groups is 1. The molecule has 1 fully saturated rings. The van der Waals surface area contributed by atoms with E-state index in [0.717, 1.165) is 5.56 Å². The van der Waals surface area contributed by atoms with Gasteiger partial charge in [0.05, 0.1) is 17.4 Å². The minimum atomic E-state index is -3.10. The SMILES string of the molecule is O=C(CCc1ccccc1)NNC(=O)[C@@H]1CCS(=O)(=O)C1. The van der Waals surface area contributed by atoms with Crippen molar-refractivity contribution in [3.8, 4) is 0 Å². The molecule has 21 heavy (non-hydrogen) atoms. The Bertz CT molecular complexity index is 613. The van der Waals surface area contributed by atoms with Gasteiger partial charge >= 0.3 is 0 Å². The van der Waals surface area contributed by atoms with Crippen molar-refractivity contribution >= 4 is 21.7 Å². The van der Waals surface area contributed by atoms with E-state index in [1.165, 1.54) is 0 Å². The maximum Gasteiger partial charge on any atom is 0.242 e. The van der Waals surface area contributed by atoms with Gasteiger partial charge in [-0.3, -0.25) is 20.4 Å². The van der Waals surface area contributed by atoms with Gasteiger partial charge in [0.2, 0.25) is 11.8 Å². The molecule has 0 bridgehead atoms. The van der Waals surface area contributed by atoms with Crippen LogP contribution >= 0.6 is 0 Å². The molecule has 1 atom stereocenters. The van der Waals surface area contributed by atoms with Crippen LogP contribution in [0.3, 0.4) is 0 Å². The van der Waals surface area contributed by atoms with Crippen LogP contribution < -0.4 is 10.9 Å². The minimum Gasteiger partial charge on any atom is -0.273 e. The summed E-state index contributed by atoms with van der Waals surface area (Å²) in [6.45, 7) is 0. The summed E-state index contributed by atoms with van der Waals surface area (Å²) in [7, 11) is -3.10. The summed E-state index contributed by atoms with van der Waals surface area (Å²) in [5.41, 5.74) is 5.66. The molecule has 1 aliphatic rings. The molecule has 0 aliphatic carbocycles. The zero-order valence-electron chi connectivity index (χ0n) is 11.5.